The molecule has 1 aromatic rings. The highest BCUT2D eigenvalue weighted by molar-refractivity contribution is 9.10. The number of halogens is 1. The van der Waals surface area contributed by atoms with Gasteiger partial charge in [-0.25, -0.2) is 0 Å². The van der Waals surface area contributed by atoms with Gasteiger partial charge in [-0.1, -0.05) is 22.4 Å². The van der Waals surface area contributed by atoms with E-state index in [2.05, 4.69) is 21.2 Å². The minimum absolute atomic E-state index is 0.0100. The predicted molar refractivity (Wildman–Crippen MR) is 73.5 cm³/mol. The van der Waals surface area contributed by atoms with Crippen molar-refractivity contribution < 1.29 is 9.90 Å². The van der Waals surface area contributed by atoms with Crippen LogP contribution in [0, 0.1) is 5.92 Å². The van der Waals surface area contributed by atoms with E-state index >= 15 is 0 Å². The quantitative estimate of drug-likeness (QED) is 0.799. The average Bonchev–Trinajstić information content (AvgIpc) is 2.76. The first-order chi connectivity index (χ1) is 8.61. The SMILES string of the molecule is NCC1CCCC1NC(=O)c1ccc(Br)cc1O. The number of aromatic hydroxyl groups is 1. The van der Waals surface area contributed by atoms with Crippen molar-refractivity contribution in [1.82, 2.24) is 5.32 Å². The molecular formula is C13H17BrN2O2. The van der Waals surface area contributed by atoms with Gasteiger partial charge in [-0.05, 0) is 43.5 Å². The van der Waals surface area contributed by atoms with E-state index in [0.29, 0.717) is 18.0 Å². The Kier molecular flexibility index (Phi) is 4.24. The summed E-state index contributed by atoms with van der Waals surface area (Å²) < 4.78 is 0.747. The van der Waals surface area contributed by atoms with Crippen LogP contribution in [-0.2, 0) is 0 Å². The highest BCUT2D eigenvalue weighted by Crippen LogP contribution is 2.26. The maximum atomic E-state index is 12.1. The third-order valence-corrected chi connectivity index (χ3v) is 3.98. The Hall–Kier alpha value is -1.07. The molecule has 5 heteroatoms. The lowest BCUT2D eigenvalue weighted by Gasteiger charge is -2.19. The summed E-state index contributed by atoms with van der Waals surface area (Å²) in [6.45, 7) is 0.595. The second kappa shape index (κ2) is 5.71. The van der Waals surface area contributed by atoms with Crippen LogP contribution in [0.3, 0.4) is 0 Å². The van der Waals surface area contributed by atoms with E-state index in [1.807, 2.05) is 0 Å². The first-order valence-corrected chi connectivity index (χ1v) is 6.90. The summed E-state index contributed by atoms with van der Waals surface area (Å²) >= 11 is 3.25. The van der Waals surface area contributed by atoms with Gasteiger partial charge in [0.1, 0.15) is 5.75 Å². The number of carbonyl (C=O) groups excluding carboxylic acids is 1. The maximum Gasteiger partial charge on any atom is 0.255 e. The molecule has 98 valence electrons. The van der Waals surface area contributed by atoms with E-state index < -0.39 is 0 Å². The summed E-state index contributed by atoms with van der Waals surface area (Å²) in [6.07, 6.45) is 3.12. The standard InChI is InChI=1S/C13H17BrN2O2/c14-9-4-5-10(12(17)6-9)13(18)16-11-3-1-2-8(11)7-15/h4-6,8,11,17H,1-3,7,15H2,(H,16,18). The number of phenols is 1. The monoisotopic (exact) mass is 312 g/mol. The molecular weight excluding hydrogens is 296 g/mol. The second-order valence-electron chi connectivity index (χ2n) is 4.67. The minimum atomic E-state index is -0.231. The number of hydrogen-bond donors (Lipinski definition) is 3. The molecule has 0 saturated heterocycles. The smallest absolute Gasteiger partial charge is 0.255 e. The Labute approximate surface area is 115 Å². The van der Waals surface area contributed by atoms with Crippen molar-refractivity contribution in [3.05, 3.63) is 28.2 Å². The topological polar surface area (TPSA) is 75.3 Å². The number of nitrogens with one attached hydrogen (secondary N) is 1. The molecule has 0 bridgehead atoms. The fourth-order valence-electron chi connectivity index (χ4n) is 2.45. The Bertz CT molecular complexity index is 451. The molecule has 4 N–H and O–H groups in total. The molecule has 0 aromatic heterocycles. The molecule has 18 heavy (non-hydrogen) atoms. The van der Waals surface area contributed by atoms with Crippen LogP contribution in [-0.4, -0.2) is 23.6 Å². The lowest BCUT2D eigenvalue weighted by molar-refractivity contribution is 0.0926. The molecule has 0 aliphatic heterocycles. The molecule has 2 unspecified atom stereocenters. The van der Waals surface area contributed by atoms with E-state index in [-0.39, 0.29) is 17.7 Å². The molecule has 1 aliphatic rings. The molecule has 0 radical (unpaired) electrons. The van der Waals surface area contributed by atoms with Gasteiger partial charge in [0, 0.05) is 10.5 Å². The molecule has 0 spiro atoms. The number of nitrogens with two attached hydrogens (primary N) is 1. The van der Waals surface area contributed by atoms with Crippen molar-refractivity contribution in [1.29, 1.82) is 0 Å². The number of benzene rings is 1. The number of carbonyl (C=O) groups is 1. The summed E-state index contributed by atoms with van der Waals surface area (Å²) in [4.78, 5) is 12.1. The summed E-state index contributed by atoms with van der Waals surface area (Å²) in [6, 6.07) is 5.00. The largest absolute Gasteiger partial charge is 0.507 e. The lowest BCUT2D eigenvalue weighted by Crippen LogP contribution is -2.39. The molecule has 1 saturated carbocycles. The van der Waals surface area contributed by atoms with Crippen molar-refractivity contribution in [3.63, 3.8) is 0 Å². The lowest BCUT2D eigenvalue weighted by atomic mass is 10.0. The second-order valence-corrected chi connectivity index (χ2v) is 5.58. The van der Waals surface area contributed by atoms with E-state index in [1.54, 1.807) is 12.1 Å². The van der Waals surface area contributed by atoms with Crippen LogP contribution in [0.15, 0.2) is 22.7 Å². The Morgan fingerprint density at radius 2 is 2.28 bits per heavy atom. The van der Waals surface area contributed by atoms with Crippen LogP contribution < -0.4 is 11.1 Å². The van der Waals surface area contributed by atoms with Gasteiger partial charge in [-0.3, -0.25) is 4.79 Å². The minimum Gasteiger partial charge on any atom is -0.507 e. The van der Waals surface area contributed by atoms with Crippen LogP contribution in [0.1, 0.15) is 29.6 Å². The van der Waals surface area contributed by atoms with Crippen LogP contribution in [0.4, 0.5) is 0 Å². The zero-order chi connectivity index (χ0) is 13.1. The molecule has 1 aromatic carbocycles. The molecule has 1 amide bonds. The molecule has 2 rings (SSSR count). The summed E-state index contributed by atoms with van der Waals surface area (Å²) in [5.41, 5.74) is 5.99. The zero-order valence-electron chi connectivity index (χ0n) is 10.0. The fraction of sp³-hybridized carbons (Fsp3) is 0.462. The predicted octanol–water partition coefficient (Wildman–Crippen LogP) is 2.01. The highest BCUT2D eigenvalue weighted by atomic mass is 79.9. The summed E-state index contributed by atoms with van der Waals surface area (Å²) in [5.74, 6) is 0.112. The number of hydrogen-bond acceptors (Lipinski definition) is 3. The maximum absolute atomic E-state index is 12.1. The van der Waals surface area contributed by atoms with E-state index in [4.69, 9.17) is 5.73 Å². The average molecular weight is 313 g/mol. The molecule has 1 aliphatic carbocycles. The Balaban J connectivity index is 2.07. The number of amides is 1. The third-order valence-electron chi connectivity index (χ3n) is 3.48. The molecule has 4 nitrogen and oxygen atoms in total. The van der Waals surface area contributed by atoms with Crippen molar-refractivity contribution in [3.8, 4) is 5.75 Å². The van der Waals surface area contributed by atoms with Gasteiger partial charge in [-0.2, -0.15) is 0 Å². The fourth-order valence-corrected chi connectivity index (χ4v) is 2.80. The van der Waals surface area contributed by atoms with E-state index in [0.717, 1.165) is 23.7 Å². The van der Waals surface area contributed by atoms with Gasteiger partial charge in [0.25, 0.3) is 5.91 Å². The normalized spacial score (nSPS) is 23.0. The highest BCUT2D eigenvalue weighted by Gasteiger charge is 2.28. The van der Waals surface area contributed by atoms with Crippen LogP contribution in [0.5, 0.6) is 5.75 Å². The Morgan fingerprint density at radius 3 is 2.94 bits per heavy atom. The van der Waals surface area contributed by atoms with Gasteiger partial charge in [0.15, 0.2) is 0 Å². The van der Waals surface area contributed by atoms with E-state index in [9.17, 15) is 9.90 Å². The van der Waals surface area contributed by atoms with Gasteiger partial charge >= 0.3 is 0 Å². The third kappa shape index (κ3) is 2.84. The van der Waals surface area contributed by atoms with Gasteiger partial charge in [0.2, 0.25) is 0 Å². The molecule has 1 fully saturated rings. The number of phenolic OH excluding ortho intramolecular Hbond substituents is 1. The van der Waals surface area contributed by atoms with Gasteiger partial charge < -0.3 is 16.2 Å². The number of rotatable bonds is 3. The van der Waals surface area contributed by atoms with Crippen LogP contribution in [0.25, 0.3) is 0 Å². The van der Waals surface area contributed by atoms with Crippen molar-refractivity contribution >= 4 is 21.8 Å². The van der Waals surface area contributed by atoms with E-state index in [1.165, 1.54) is 6.07 Å². The Morgan fingerprint density at radius 1 is 1.50 bits per heavy atom. The first kappa shape index (κ1) is 13.4. The van der Waals surface area contributed by atoms with Crippen LogP contribution in [0.2, 0.25) is 0 Å². The van der Waals surface area contributed by atoms with Gasteiger partial charge in [-0.15, -0.1) is 0 Å². The van der Waals surface area contributed by atoms with Crippen molar-refractivity contribution in [2.45, 2.75) is 25.3 Å². The van der Waals surface area contributed by atoms with Crippen molar-refractivity contribution in [2.75, 3.05) is 6.54 Å². The zero-order valence-corrected chi connectivity index (χ0v) is 11.6. The molecule has 0 heterocycles. The van der Waals surface area contributed by atoms with Gasteiger partial charge in [0.05, 0.1) is 5.56 Å². The van der Waals surface area contributed by atoms with Crippen molar-refractivity contribution in [2.24, 2.45) is 11.7 Å². The summed E-state index contributed by atoms with van der Waals surface area (Å²) in [5, 5.41) is 12.7. The van der Waals surface area contributed by atoms with Crippen LogP contribution >= 0.6 is 15.9 Å². The molecule has 2 atom stereocenters. The summed E-state index contributed by atoms with van der Waals surface area (Å²) in [7, 11) is 0. The first-order valence-electron chi connectivity index (χ1n) is 6.11.